The van der Waals surface area contributed by atoms with Crippen molar-refractivity contribution in [2.45, 2.75) is 6.92 Å². The quantitative estimate of drug-likeness (QED) is 0.591. The van der Waals surface area contributed by atoms with Gasteiger partial charge in [0.2, 0.25) is 0 Å². The molecule has 0 aromatic heterocycles. The Bertz CT molecular complexity index is 344. The van der Waals surface area contributed by atoms with Gasteiger partial charge in [-0.05, 0) is 29.6 Å². The predicted octanol–water partition coefficient (Wildman–Crippen LogP) is 2.62. The van der Waals surface area contributed by atoms with Gasteiger partial charge >= 0.3 is 0 Å². The Morgan fingerprint density at radius 1 is 1.50 bits per heavy atom. The summed E-state index contributed by atoms with van der Waals surface area (Å²) in [6, 6.07) is 5.70. The summed E-state index contributed by atoms with van der Waals surface area (Å²) in [6.45, 7) is 2.11. The van der Waals surface area contributed by atoms with Gasteiger partial charge in [-0.1, -0.05) is 28.7 Å². The van der Waals surface area contributed by atoms with Crippen molar-refractivity contribution in [1.82, 2.24) is 0 Å². The summed E-state index contributed by atoms with van der Waals surface area (Å²) in [6.07, 6.45) is 0. The highest BCUT2D eigenvalue weighted by atomic mass is 127. The Morgan fingerprint density at radius 3 is 2.93 bits per heavy atom. The summed E-state index contributed by atoms with van der Waals surface area (Å²) in [4.78, 5) is 12.8. The zero-order valence-electron chi connectivity index (χ0n) is 8.13. The monoisotopic (exact) mass is 307 g/mol. The Morgan fingerprint density at radius 2 is 2.21 bits per heavy atom. The average Bonchev–Trinajstić information content (AvgIpc) is 2.21. The van der Waals surface area contributed by atoms with Gasteiger partial charge in [-0.2, -0.15) is 0 Å². The van der Waals surface area contributed by atoms with Gasteiger partial charge < -0.3 is 10.1 Å². The van der Waals surface area contributed by atoms with Gasteiger partial charge in [0.05, 0.1) is 5.69 Å². The van der Waals surface area contributed by atoms with Crippen LogP contribution in [0.5, 0.6) is 5.75 Å². The minimum Gasteiger partial charge on any atom is -0.482 e. The largest absolute Gasteiger partial charge is 0.482 e. The number of carbonyl (C=O) groups excluding carboxylic acids is 1. The van der Waals surface area contributed by atoms with Crippen LogP contribution in [0.25, 0.3) is 0 Å². The third kappa shape index (κ3) is 2.60. The number of ether oxygens (including phenoxy) is 1. The van der Waals surface area contributed by atoms with Crippen molar-refractivity contribution in [3.05, 3.63) is 23.8 Å². The van der Waals surface area contributed by atoms with Gasteiger partial charge in [0.15, 0.2) is 6.61 Å². The number of nitrogens with one attached hydrogen (secondary N) is 1. The summed E-state index contributed by atoms with van der Waals surface area (Å²) in [5.41, 5.74) is 1.89. The molecule has 0 saturated heterocycles. The van der Waals surface area contributed by atoms with E-state index in [2.05, 4.69) is 27.9 Å². The van der Waals surface area contributed by atoms with E-state index in [1.807, 2.05) is 30.1 Å². The molecule has 0 atom stereocenters. The second-order valence-corrected chi connectivity index (χ2v) is 2.84. The first-order valence-corrected chi connectivity index (χ1v) is 6.32. The van der Waals surface area contributed by atoms with Crippen LogP contribution in [-0.2, 0) is 4.79 Å². The van der Waals surface area contributed by atoms with Crippen LogP contribution in [0.1, 0.15) is 6.99 Å². The van der Waals surface area contributed by atoms with Crippen LogP contribution in [0.2, 0.25) is 0 Å². The molecule has 4 heteroatoms. The topological polar surface area (TPSA) is 38.3 Å². The zero-order valence-corrected chi connectivity index (χ0v) is 10.3. The number of fused-ring (bicyclic) bond motifs is 1. The van der Waals surface area contributed by atoms with Crippen LogP contribution in [0.4, 0.5) is 5.69 Å². The van der Waals surface area contributed by atoms with E-state index in [0.29, 0.717) is 0 Å². The summed E-state index contributed by atoms with van der Waals surface area (Å²) in [7, 11) is 0. The summed E-state index contributed by atoms with van der Waals surface area (Å²) < 4.78 is 5.20. The molecule has 0 spiro atoms. The summed E-state index contributed by atoms with van der Waals surface area (Å²) in [5.74, 6) is 0.668. The predicted molar refractivity (Wildman–Crippen MR) is 67.4 cm³/mol. The molecule has 1 amide bonds. The van der Waals surface area contributed by atoms with E-state index in [0.717, 1.165) is 17.0 Å². The van der Waals surface area contributed by atoms with E-state index >= 15 is 0 Å². The number of amides is 1. The Hall–Kier alpha value is -0.780. The van der Waals surface area contributed by atoms with Gasteiger partial charge in [0, 0.05) is 1.43 Å². The highest BCUT2D eigenvalue weighted by Gasteiger charge is 2.14. The molecule has 0 fully saturated rings. The first kappa shape index (κ1) is 11.3. The molecule has 78 valence electrons. The molecule has 0 radical (unpaired) electrons. The lowest BCUT2D eigenvalue weighted by Gasteiger charge is -2.17. The SMILES string of the molecule is CI.Cc1ccc2c(c1)OCC(=O)N2.[HH]. The molecule has 3 nitrogen and oxygen atoms in total. The van der Waals surface area contributed by atoms with Crippen molar-refractivity contribution in [1.29, 1.82) is 0 Å². The highest BCUT2D eigenvalue weighted by Crippen LogP contribution is 2.27. The van der Waals surface area contributed by atoms with Crippen LogP contribution in [-0.4, -0.2) is 17.4 Å². The normalized spacial score (nSPS) is 12.9. The van der Waals surface area contributed by atoms with Crippen molar-refractivity contribution in [3.63, 3.8) is 0 Å². The lowest BCUT2D eigenvalue weighted by atomic mass is 10.2. The molecule has 14 heavy (non-hydrogen) atoms. The van der Waals surface area contributed by atoms with E-state index < -0.39 is 0 Å². The van der Waals surface area contributed by atoms with Crippen molar-refractivity contribution >= 4 is 34.2 Å². The first-order valence-electron chi connectivity index (χ1n) is 4.17. The van der Waals surface area contributed by atoms with E-state index in [1.165, 1.54) is 0 Å². The maximum Gasteiger partial charge on any atom is 0.262 e. The molecule has 0 aliphatic carbocycles. The minimum absolute atomic E-state index is 0. The van der Waals surface area contributed by atoms with Gasteiger partial charge in [-0.25, -0.2) is 0 Å². The first-order chi connectivity index (χ1) is 6.75. The second kappa shape index (κ2) is 5.19. The number of carbonyl (C=O) groups is 1. The van der Waals surface area contributed by atoms with Crippen molar-refractivity contribution in [3.8, 4) is 5.75 Å². The molecule has 1 aromatic rings. The third-order valence-electron chi connectivity index (χ3n) is 1.77. The molecule has 1 heterocycles. The fraction of sp³-hybridized carbons (Fsp3) is 0.300. The number of alkyl halides is 1. The Labute approximate surface area is 98.5 Å². The molecular weight excluding hydrogens is 293 g/mol. The number of halogens is 1. The van der Waals surface area contributed by atoms with Gasteiger partial charge in [0.1, 0.15) is 5.75 Å². The maximum atomic E-state index is 10.9. The molecule has 0 unspecified atom stereocenters. The second-order valence-electron chi connectivity index (χ2n) is 2.84. The van der Waals surface area contributed by atoms with E-state index in [9.17, 15) is 4.79 Å². The number of rotatable bonds is 0. The van der Waals surface area contributed by atoms with Gasteiger partial charge in [-0.15, -0.1) is 0 Å². The number of benzene rings is 1. The molecule has 1 aliphatic rings. The molecule has 1 N–H and O–H groups in total. The van der Waals surface area contributed by atoms with Crippen LogP contribution in [0.15, 0.2) is 18.2 Å². The van der Waals surface area contributed by atoms with Crippen LogP contribution < -0.4 is 10.1 Å². The fourth-order valence-corrected chi connectivity index (χ4v) is 1.18. The zero-order chi connectivity index (χ0) is 10.6. The molecule has 2 rings (SSSR count). The summed E-state index contributed by atoms with van der Waals surface area (Å²) in [5, 5.41) is 2.72. The maximum absolute atomic E-state index is 10.9. The standard InChI is InChI=1S/C9H9NO2.CH3I.H2/c1-6-2-3-7-8(4-6)12-5-9(11)10-7;1-2;/h2-4H,5H2,1H3,(H,10,11);1H3;1H. The summed E-state index contributed by atoms with van der Waals surface area (Å²) >= 11 is 2.15. The van der Waals surface area contributed by atoms with Crippen LogP contribution in [0.3, 0.4) is 0 Å². The Balaban J connectivity index is 0.000000617. The minimum atomic E-state index is -0.0913. The fourth-order valence-electron chi connectivity index (χ4n) is 1.18. The molecule has 0 saturated carbocycles. The lowest BCUT2D eigenvalue weighted by molar-refractivity contribution is -0.118. The van der Waals surface area contributed by atoms with Crippen LogP contribution in [0, 0.1) is 6.92 Å². The lowest BCUT2D eigenvalue weighted by Crippen LogP contribution is -2.25. The third-order valence-corrected chi connectivity index (χ3v) is 1.77. The number of aryl methyl sites for hydroxylation is 1. The highest BCUT2D eigenvalue weighted by molar-refractivity contribution is 14.1. The molecule has 0 bridgehead atoms. The van der Waals surface area contributed by atoms with E-state index in [-0.39, 0.29) is 13.9 Å². The van der Waals surface area contributed by atoms with Gasteiger partial charge in [0.25, 0.3) is 5.91 Å². The van der Waals surface area contributed by atoms with Crippen molar-refractivity contribution in [2.75, 3.05) is 16.9 Å². The Kier molecular flexibility index (Phi) is 4.19. The van der Waals surface area contributed by atoms with Gasteiger partial charge in [-0.3, -0.25) is 4.79 Å². The van der Waals surface area contributed by atoms with E-state index in [4.69, 9.17) is 4.74 Å². The number of hydrogen-bond acceptors (Lipinski definition) is 2. The van der Waals surface area contributed by atoms with E-state index in [1.54, 1.807) is 0 Å². The molecule has 1 aromatic carbocycles. The number of hydrogen-bond donors (Lipinski definition) is 1. The van der Waals surface area contributed by atoms with Crippen molar-refractivity contribution in [2.24, 2.45) is 0 Å². The number of anilines is 1. The van der Waals surface area contributed by atoms with Crippen LogP contribution >= 0.6 is 22.6 Å². The average molecular weight is 307 g/mol. The molecule has 1 aliphatic heterocycles. The smallest absolute Gasteiger partial charge is 0.262 e. The van der Waals surface area contributed by atoms with Crippen molar-refractivity contribution < 1.29 is 11.0 Å². The molecular formula is C10H14INO2.